The van der Waals surface area contributed by atoms with Gasteiger partial charge >= 0.3 is 0 Å². The number of hydrogen-bond acceptors (Lipinski definition) is 6. The summed E-state index contributed by atoms with van der Waals surface area (Å²) >= 11 is 3.70. The van der Waals surface area contributed by atoms with Crippen molar-refractivity contribution in [2.24, 2.45) is 10.9 Å². The molecule has 0 aromatic heterocycles. The molecule has 7 nitrogen and oxygen atoms in total. The minimum absolute atomic E-state index is 0.0164. The second-order valence-electron chi connectivity index (χ2n) is 9.43. The molecule has 1 amide bonds. The maximum atomic E-state index is 13.2. The fraction of sp³-hybridized carbons (Fsp3) is 0.524. The molecule has 10 heteroatoms. The van der Waals surface area contributed by atoms with Gasteiger partial charge in [-0.1, -0.05) is 55.1 Å². The third-order valence-corrected chi connectivity index (χ3v) is 13.1. The molecule has 2 saturated heterocycles. The Morgan fingerprint density at radius 1 is 1.35 bits per heavy atom. The van der Waals surface area contributed by atoms with Crippen molar-refractivity contribution < 1.29 is 14.1 Å². The van der Waals surface area contributed by atoms with Crippen LogP contribution in [0.4, 0.5) is 11.4 Å². The van der Waals surface area contributed by atoms with E-state index in [2.05, 4.69) is 61.4 Å². The molecule has 3 atom stereocenters. The van der Waals surface area contributed by atoms with Crippen LogP contribution in [0.1, 0.15) is 34.1 Å². The zero-order valence-corrected chi connectivity index (χ0v) is 22.6. The fourth-order valence-electron chi connectivity index (χ4n) is 3.57. The number of nitrogens with zero attached hydrogens (tertiary/aromatic N) is 3. The number of non-ortho nitro benzene ring substituents is 1. The predicted octanol–water partition coefficient (Wildman–Crippen LogP) is 6.23. The average molecular weight is 574 g/mol. The number of rotatable bonds is 5. The van der Waals surface area contributed by atoms with Gasteiger partial charge in [-0.05, 0) is 41.3 Å². The van der Waals surface area contributed by atoms with Crippen molar-refractivity contribution in [3.63, 3.8) is 0 Å². The Kier molecular flexibility index (Phi) is 7.04. The van der Waals surface area contributed by atoms with Gasteiger partial charge in [-0.15, -0.1) is 0 Å². The smallest absolute Gasteiger partial charge is 0.269 e. The molecule has 2 aliphatic heterocycles. The van der Waals surface area contributed by atoms with E-state index < -0.39 is 13.2 Å². The molecule has 3 rings (SSSR count). The van der Waals surface area contributed by atoms with Crippen LogP contribution in [0.3, 0.4) is 0 Å². The molecule has 168 valence electrons. The second-order valence-corrected chi connectivity index (χ2v) is 15.9. The van der Waals surface area contributed by atoms with Crippen LogP contribution in [0.25, 0.3) is 0 Å². The van der Waals surface area contributed by atoms with Gasteiger partial charge in [0.1, 0.15) is 0 Å². The number of carbonyl (C=O) groups is 1. The number of fused-ring (bicyclic) bond motifs is 1. The van der Waals surface area contributed by atoms with Gasteiger partial charge in [0, 0.05) is 23.5 Å². The molecular weight excluding hydrogens is 545 g/mol. The lowest BCUT2D eigenvalue weighted by molar-refractivity contribution is -0.384. The number of amides is 1. The Hall–Kier alpha value is -1.24. The Balaban J connectivity index is 1.84. The molecule has 0 bridgehead atoms. The van der Waals surface area contributed by atoms with Crippen LogP contribution in [0, 0.1) is 16.0 Å². The summed E-state index contributed by atoms with van der Waals surface area (Å²) in [5, 5.41) is 11.6. The van der Waals surface area contributed by atoms with E-state index in [-0.39, 0.29) is 34.7 Å². The first kappa shape index (κ1) is 24.4. The summed E-state index contributed by atoms with van der Waals surface area (Å²) in [5.74, 6) is -0.152. The number of nitro benzene ring substituents is 1. The first-order valence-corrected chi connectivity index (χ1v) is 15.1. The molecular formula is C21H28IN3O4SSi. The van der Waals surface area contributed by atoms with Crippen LogP contribution >= 0.6 is 34.4 Å². The summed E-state index contributed by atoms with van der Waals surface area (Å²) in [5.41, 5.74) is 0.603. The van der Waals surface area contributed by atoms with Gasteiger partial charge in [0.15, 0.2) is 13.5 Å². The zero-order chi connectivity index (χ0) is 23.1. The Morgan fingerprint density at radius 3 is 2.48 bits per heavy atom. The largest absolute Gasteiger partial charge is 0.413 e. The molecule has 2 aliphatic rings. The zero-order valence-electron chi connectivity index (χ0n) is 18.6. The molecule has 0 saturated carbocycles. The lowest BCUT2D eigenvalue weighted by atomic mass is 9.81. The molecule has 0 N–H and O–H groups in total. The Morgan fingerprint density at radius 2 is 1.97 bits per heavy atom. The lowest BCUT2D eigenvalue weighted by Crippen LogP contribution is -2.68. The first-order chi connectivity index (χ1) is 14.4. The normalized spacial score (nSPS) is 25.4. The summed E-state index contributed by atoms with van der Waals surface area (Å²) in [6, 6.07) is 6.08. The van der Waals surface area contributed by atoms with Gasteiger partial charge in [0.25, 0.3) is 5.69 Å². The topological polar surface area (TPSA) is 85.0 Å². The number of carbonyl (C=O) groups excluding carboxylic acids is 1. The highest BCUT2D eigenvalue weighted by molar-refractivity contribution is 14.1. The third-order valence-electron chi connectivity index (χ3n) is 6.31. The van der Waals surface area contributed by atoms with Gasteiger partial charge < -0.3 is 4.43 Å². The van der Waals surface area contributed by atoms with Crippen molar-refractivity contribution in [3.05, 3.63) is 43.4 Å². The van der Waals surface area contributed by atoms with E-state index >= 15 is 0 Å². The van der Waals surface area contributed by atoms with Crippen LogP contribution in [0.2, 0.25) is 18.1 Å². The van der Waals surface area contributed by atoms with Crippen molar-refractivity contribution in [2.45, 2.75) is 64.4 Å². The predicted molar refractivity (Wildman–Crippen MR) is 136 cm³/mol. The average Bonchev–Trinajstić information content (AvgIpc) is 2.66. The minimum Gasteiger partial charge on any atom is -0.413 e. The van der Waals surface area contributed by atoms with Crippen molar-refractivity contribution in [1.29, 1.82) is 0 Å². The maximum absolute atomic E-state index is 13.2. The van der Waals surface area contributed by atoms with E-state index in [9.17, 15) is 14.9 Å². The van der Waals surface area contributed by atoms with Crippen LogP contribution in [-0.2, 0) is 9.22 Å². The van der Waals surface area contributed by atoms with Crippen molar-refractivity contribution in [3.8, 4) is 0 Å². The molecule has 0 aliphatic carbocycles. The number of benzene rings is 1. The lowest BCUT2D eigenvalue weighted by Gasteiger charge is -2.53. The highest BCUT2D eigenvalue weighted by Gasteiger charge is 2.56. The van der Waals surface area contributed by atoms with E-state index in [0.29, 0.717) is 10.9 Å². The monoisotopic (exact) mass is 573 g/mol. The van der Waals surface area contributed by atoms with Crippen molar-refractivity contribution >= 4 is 65.1 Å². The highest BCUT2D eigenvalue weighted by Crippen LogP contribution is 2.47. The molecule has 31 heavy (non-hydrogen) atoms. The number of hydrogen-bond donors (Lipinski definition) is 0. The Labute approximate surface area is 202 Å². The maximum Gasteiger partial charge on any atom is 0.269 e. The van der Waals surface area contributed by atoms with Crippen LogP contribution < -0.4 is 0 Å². The third kappa shape index (κ3) is 4.91. The van der Waals surface area contributed by atoms with E-state index in [1.165, 1.54) is 23.9 Å². The van der Waals surface area contributed by atoms with Crippen LogP contribution in [-0.4, -0.2) is 41.4 Å². The minimum atomic E-state index is -1.99. The van der Waals surface area contributed by atoms with E-state index in [1.54, 1.807) is 17.0 Å². The van der Waals surface area contributed by atoms with Gasteiger partial charge in [0.2, 0.25) is 5.91 Å². The quantitative estimate of drug-likeness (QED) is 0.137. The molecule has 1 aromatic carbocycles. The van der Waals surface area contributed by atoms with E-state index in [1.807, 2.05) is 11.0 Å². The van der Waals surface area contributed by atoms with E-state index in [0.717, 1.165) is 11.3 Å². The SMILES string of the molecule is C[C@@H](O[Si](C)(C)C(C)(C)C)[C@H]1C(=O)N2C(=Nc3ccc([N+](=O)[O-])cc3)S/C(=C/I)C[C@H]12. The molecule has 0 unspecified atom stereocenters. The van der Waals surface area contributed by atoms with Gasteiger partial charge in [-0.25, -0.2) is 4.99 Å². The summed E-state index contributed by atoms with van der Waals surface area (Å²) in [4.78, 5) is 31.2. The van der Waals surface area contributed by atoms with Gasteiger partial charge in [-0.3, -0.25) is 19.8 Å². The van der Waals surface area contributed by atoms with Crippen molar-refractivity contribution in [1.82, 2.24) is 4.90 Å². The summed E-state index contributed by atoms with van der Waals surface area (Å²) in [6.07, 6.45) is 0.628. The molecule has 0 spiro atoms. The fourth-order valence-corrected chi connectivity index (χ4v) is 6.64. The molecule has 0 radical (unpaired) electrons. The van der Waals surface area contributed by atoms with Crippen LogP contribution in [0.15, 0.2) is 38.2 Å². The summed E-state index contributed by atoms with van der Waals surface area (Å²) in [6.45, 7) is 13.0. The standard InChI is InChI=1S/C21H28IN3O4SSi/c1-13(29-31(5,6)21(2,3)4)18-17-11-16(12-22)30-20(24(17)19(18)26)23-14-7-9-15(10-8-14)25(27)28/h7-10,12-13,17-18H,11H2,1-6H3/b16-12+,23-20?/t13-,17-,18-/m1/s1. The number of halogens is 1. The van der Waals surface area contributed by atoms with Gasteiger partial charge in [0.05, 0.1) is 28.7 Å². The van der Waals surface area contributed by atoms with Gasteiger partial charge in [-0.2, -0.15) is 0 Å². The Bertz CT molecular complexity index is 943. The summed E-state index contributed by atoms with van der Waals surface area (Å²) in [7, 11) is -1.99. The molecule has 1 aromatic rings. The van der Waals surface area contributed by atoms with Crippen LogP contribution in [0.5, 0.6) is 0 Å². The second kappa shape index (κ2) is 8.95. The molecule has 2 fully saturated rings. The first-order valence-electron chi connectivity index (χ1n) is 10.2. The number of aliphatic imine (C=N–C) groups is 1. The highest BCUT2D eigenvalue weighted by atomic mass is 127. The van der Waals surface area contributed by atoms with E-state index in [4.69, 9.17) is 4.43 Å². The number of amidine groups is 1. The molecule has 2 heterocycles. The number of thioether (sulfide) groups is 1. The number of nitro groups is 1. The number of β-lactam (4-membered cyclic amide) rings is 1. The summed E-state index contributed by atoms with van der Waals surface area (Å²) < 4.78 is 8.58. The van der Waals surface area contributed by atoms with Crippen molar-refractivity contribution in [2.75, 3.05) is 0 Å².